The highest BCUT2D eigenvalue weighted by atomic mass is 35.5. The number of hydrogen-bond acceptors (Lipinski definition) is 6. The molecule has 3 N–H and O–H groups in total. The van der Waals surface area contributed by atoms with E-state index in [1.807, 2.05) is 24.3 Å². The van der Waals surface area contributed by atoms with Crippen LogP contribution < -0.4 is 5.43 Å². The van der Waals surface area contributed by atoms with Crippen LogP contribution in [0.2, 0.25) is 10.0 Å². The third-order valence-corrected chi connectivity index (χ3v) is 5.13. The number of rotatable bonds is 4. The van der Waals surface area contributed by atoms with Gasteiger partial charge in [0.2, 0.25) is 0 Å². The molecule has 0 saturated carbocycles. The smallest absolute Gasteiger partial charge is 0.163 e. The number of nitrogens with one attached hydrogen (secondary N) is 1. The van der Waals surface area contributed by atoms with Crippen molar-refractivity contribution >= 4 is 46.1 Å². The number of aromatic nitrogens is 2. The lowest BCUT2D eigenvalue weighted by Crippen LogP contribution is -2.00. The summed E-state index contributed by atoms with van der Waals surface area (Å²) in [6.45, 7) is 1.62. The predicted octanol–water partition coefficient (Wildman–Crippen LogP) is 5.77. The zero-order valence-corrected chi connectivity index (χ0v) is 17.3. The number of aromatic hydroxyl groups is 2. The van der Waals surface area contributed by atoms with Gasteiger partial charge in [-0.2, -0.15) is 5.10 Å². The summed E-state index contributed by atoms with van der Waals surface area (Å²) in [5.74, 6) is 0.884. The van der Waals surface area contributed by atoms with E-state index in [2.05, 4.69) is 20.5 Å². The number of phenols is 2. The number of para-hydroxylation sites is 1. The van der Waals surface area contributed by atoms with Crippen molar-refractivity contribution in [2.24, 2.45) is 5.10 Å². The van der Waals surface area contributed by atoms with Gasteiger partial charge in [-0.1, -0.05) is 35.3 Å². The van der Waals surface area contributed by atoms with Gasteiger partial charge in [-0.3, -0.25) is 5.43 Å². The fraction of sp³-hybridized carbons (Fsp3) is 0.0455. The standard InChI is InChI=1S/C22H16Cl2N4O2/c1-12-19(29)9-6-13(20(12)30)11-25-28-22-16-4-2-3-5-18(16)26-21(27-22)15-8-7-14(23)10-17(15)24/h2-11,29-30H,1H3,(H,26,27,28). The van der Waals surface area contributed by atoms with Crippen LogP contribution in [-0.4, -0.2) is 26.4 Å². The Kier molecular flexibility index (Phi) is 5.44. The Morgan fingerprint density at radius 1 is 1.00 bits per heavy atom. The molecule has 0 atom stereocenters. The number of benzene rings is 3. The van der Waals surface area contributed by atoms with Crippen molar-refractivity contribution in [3.63, 3.8) is 0 Å². The molecular formula is C22H16Cl2N4O2. The molecule has 0 aliphatic rings. The predicted molar refractivity (Wildman–Crippen MR) is 121 cm³/mol. The minimum atomic E-state index is -0.0401. The molecule has 4 rings (SSSR count). The molecule has 0 aliphatic heterocycles. The Labute approximate surface area is 182 Å². The number of hydrogen-bond donors (Lipinski definition) is 3. The van der Waals surface area contributed by atoms with Crippen LogP contribution in [0.4, 0.5) is 5.82 Å². The van der Waals surface area contributed by atoms with Crippen LogP contribution in [0.3, 0.4) is 0 Å². The zero-order valence-electron chi connectivity index (χ0n) is 15.8. The molecule has 0 aliphatic carbocycles. The Balaban J connectivity index is 1.74. The summed E-state index contributed by atoms with van der Waals surface area (Å²) in [5.41, 5.74) is 5.11. The van der Waals surface area contributed by atoms with Crippen LogP contribution in [-0.2, 0) is 0 Å². The first-order valence-corrected chi connectivity index (χ1v) is 9.72. The normalized spacial score (nSPS) is 11.3. The molecule has 0 spiro atoms. The minimum Gasteiger partial charge on any atom is -0.508 e. The van der Waals surface area contributed by atoms with Gasteiger partial charge >= 0.3 is 0 Å². The number of nitrogens with zero attached hydrogens (tertiary/aromatic N) is 3. The quantitative estimate of drug-likeness (QED) is 0.278. The van der Waals surface area contributed by atoms with Crippen LogP contribution in [0.15, 0.2) is 59.7 Å². The van der Waals surface area contributed by atoms with E-state index in [-0.39, 0.29) is 11.5 Å². The van der Waals surface area contributed by atoms with Crippen molar-refractivity contribution in [3.8, 4) is 22.9 Å². The minimum absolute atomic E-state index is 0.0175. The maximum atomic E-state index is 10.2. The number of fused-ring (bicyclic) bond motifs is 1. The Morgan fingerprint density at radius 3 is 2.60 bits per heavy atom. The van der Waals surface area contributed by atoms with E-state index < -0.39 is 0 Å². The summed E-state index contributed by atoms with van der Waals surface area (Å²) in [7, 11) is 0. The molecule has 0 bridgehead atoms. The first kappa shape index (κ1) is 19.9. The molecule has 1 heterocycles. The molecule has 0 radical (unpaired) electrons. The third kappa shape index (κ3) is 3.87. The van der Waals surface area contributed by atoms with Crippen LogP contribution in [0.5, 0.6) is 11.5 Å². The maximum Gasteiger partial charge on any atom is 0.163 e. The summed E-state index contributed by atoms with van der Waals surface area (Å²) in [6, 6.07) is 15.7. The van der Waals surface area contributed by atoms with Crippen LogP contribution in [0.25, 0.3) is 22.3 Å². The summed E-state index contributed by atoms with van der Waals surface area (Å²) in [6.07, 6.45) is 1.45. The summed E-state index contributed by atoms with van der Waals surface area (Å²) >= 11 is 12.3. The first-order chi connectivity index (χ1) is 14.4. The van der Waals surface area contributed by atoms with Gasteiger partial charge in [0.15, 0.2) is 11.6 Å². The van der Waals surface area contributed by atoms with Gasteiger partial charge in [0.1, 0.15) is 11.5 Å². The highest BCUT2D eigenvalue weighted by molar-refractivity contribution is 6.36. The molecule has 150 valence electrons. The lowest BCUT2D eigenvalue weighted by Gasteiger charge is -2.10. The molecule has 0 unspecified atom stereocenters. The number of anilines is 1. The Hall–Kier alpha value is -3.35. The number of phenolic OH excluding ortho intramolecular Hbond substituents is 2. The van der Waals surface area contributed by atoms with E-state index in [4.69, 9.17) is 23.2 Å². The Bertz CT molecular complexity index is 1290. The monoisotopic (exact) mass is 438 g/mol. The molecule has 6 nitrogen and oxygen atoms in total. The van der Waals surface area contributed by atoms with Crippen LogP contribution in [0, 0.1) is 6.92 Å². The molecule has 0 amide bonds. The summed E-state index contributed by atoms with van der Waals surface area (Å²) < 4.78 is 0. The molecule has 3 aromatic carbocycles. The van der Waals surface area contributed by atoms with E-state index in [0.717, 1.165) is 10.9 Å². The average Bonchev–Trinajstić information content (AvgIpc) is 2.73. The van der Waals surface area contributed by atoms with Gasteiger partial charge in [0, 0.05) is 27.1 Å². The largest absolute Gasteiger partial charge is 0.508 e. The van der Waals surface area contributed by atoms with Crippen LogP contribution in [0.1, 0.15) is 11.1 Å². The van der Waals surface area contributed by atoms with Gasteiger partial charge in [0.05, 0.1) is 16.8 Å². The van der Waals surface area contributed by atoms with Crippen molar-refractivity contribution in [1.82, 2.24) is 9.97 Å². The fourth-order valence-electron chi connectivity index (χ4n) is 2.93. The van der Waals surface area contributed by atoms with Crippen LogP contribution >= 0.6 is 23.2 Å². The third-order valence-electron chi connectivity index (χ3n) is 4.58. The fourth-order valence-corrected chi connectivity index (χ4v) is 3.42. The van der Waals surface area contributed by atoms with Gasteiger partial charge in [0.25, 0.3) is 0 Å². The van der Waals surface area contributed by atoms with E-state index >= 15 is 0 Å². The molecule has 0 saturated heterocycles. The molecule has 0 fully saturated rings. The second kappa shape index (κ2) is 8.18. The van der Waals surface area contributed by atoms with E-state index in [1.54, 1.807) is 31.2 Å². The second-order valence-electron chi connectivity index (χ2n) is 6.55. The highest BCUT2D eigenvalue weighted by Gasteiger charge is 2.12. The lowest BCUT2D eigenvalue weighted by molar-refractivity contribution is 0.442. The average molecular weight is 439 g/mol. The summed E-state index contributed by atoms with van der Waals surface area (Å²) in [5, 5.41) is 25.8. The van der Waals surface area contributed by atoms with E-state index in [0.29, 0.717) is 38.4 Å². The Morgan fingerprint density at radius 2 is 1.80 bits per heavy atom. The maximum absolute atomic E-state index is 10.2. The van der Waals surface area contributed by atoms with Crippen molar-refractivity contribution in [3.05, 3.63) is 75.8 Å². The molecule has 30 heavy (non-hydrogen) atoms. The van der Waals surface area contributed by atoms with E-state index in [9.17, 15) is 10.2 Å². The highest BCUT2D eigenvalue weighted by Crippen LogP contribution is 2.31. The van der Waals surface area contributed by atoms with Gasteiger partial charge in [-0.15, -0.1) is 0 Å². The van der Waals surface area contributed by atoms with Gasteiger partial charge in [-0.05, 0) is 49.4 Å². The SMILES string of the molecule is Cc1c(O)ccc(C=NNc2nc(-c3ccc(Cl)cc3Cl)nc3ccccc23)c1O. The molecule has 8 heteroatoms. The van der Waals surface area contributed by atoms with Gasteiger partial charge in [-0.25, -0.2) is 9.97 Å². The van der Waals surface area contributed by atoms with Crippen molar-refractivity contribution in [1.29, 1.82) is 0 Å². The second-order valence-corrected chi connectivity index (χ2v) is 7.40. The van der Waals surface area contributed by atoms with Crippen molar-refractivity contribution in [2.45, 2.75) is 6.92 Å². The first-order valence-electron chi connectivity index (χ1n) is 8.97. The molecule has 4 aromatic rings. The molecular weight excluding hydrogens is 423 g/mol. The van der Waals surface area contributed by atoms with Gasteiger partial charge < -0.3 is 10.2 Å². The molecule has 1 aromatic heterocycles. The summed E-state index contributed by atoms with van der Waals surface area (Å²) in [4.78, 5) is 9.18. The van der Waals surface area contributed by atoms with E-state index in [1.165, 1.54) is 12.3 Å². The van der Waals surface area contributed by atoms with Crippen molar-refractivity contribution in [2.75, 3.05) is 5.43 Å². The zero-order chi connectivity index (χ0) is 21.3. The number of halogens is 2. The van der Waals surface area contributed by atoms with Crippen molar-refractivity contribution < 1.29 is 10.2 Å². The topological polar surface area (TPSA) is 90.6 Å². The lowest BCUT2D eigenvalue weighted by atomic mass is 10.1. The number of hydrazone groups is 1.